The van der Waals surface area contributed by atoms with Gasteiger partial charge in [-0.05, 0) is 43.3 Å². The molecule has 0 saturated carbocycles. The number of H-pyrrole nitrogens is 1. The van der Waals surface area contributed by atoms with Crippen LogP contribution in [0.1, 0.15) is 11.5 Å². The molecule has 0 fully saturated rings. The van der Waals surface area contributed by atoms with E-state index in [1.54, 1.807) is 6.26 Å². The van der Waals surface area contributed by atoms with E-state index in [-0.39, 0.29) is 5.91 Å². The number of nitrogens with zero attached hydrogens (tertiary/aromatic N) is 3. The lowest BCUT2D eigenvalue weighted by molar-refractivity contribution is -0.113. The molecule has 0 radical (unpaired) electrons. The summed E-state index contributed by atoms with van der Waals surface area (Å²) in [5.74, 6) is 2.86. The summed E-state index contributed by atoms with van der Waals surface area (Å²) in [6.07, 6.45) is 1.64. The summed E-state index contributed by atoms with van der Waals surface area (Å²) in [5, 5.41) is 9.83. The molecule has 4 rings (SSSR count). The van der Waals surface area contributed by atoms with Crippen LogP contribution >= 0.6 is 11.8 Å². The second kappa shape index (κ2) is 8.74. The molecule has 0 unspecified atom stereocenters. The summed E-state index contributed by atoms with van der Waals surface area (Å²) in [5.41, 5.74) is 3.37. The van der Waals surface area contributed by atoms with E-state index in [1.807, 2.05) is 61.5 Å². The summed E-state index contributed by atoms with van der Waals surface area (Å²) >= 11 is 1.49. The van der Waals surface area contributed by atoms with Gasteiger partial charge in [0, 0.05) is 22.6 Å². The third-order valence-electron chi connectivity index (χ3n) is 4.08. The number of hydrogen-bond acceptors (Lipinski definition) is 6. The molecule has 0 spiro atoms. The molecule has 7 nitrogen and oxygen atoms in total. The van der Waals surface area contributed by atoms with Gasteiger partial charge in [-0.1, -0.05) is 18.2 Å². The maximum atomic E-state index is 12.2. The molecule has 29 heavy (non-hydrogen) atoms. The van der Waals surface area contributed by atoms with E-state index < -0.39 is 0 Å². The van der Waals surface area contributed by atoms with E-state index in [1.165, 1.54) is 11.8 Å². The Hall–Kier alpha value is -3.39. The Morgan fingerprint density at radius 2 is 1.86 bits per heavy atom. The van der Waals surface area contributed by atoms with E-state index >= 15 is 0 Å². The van der Waals surface area contributed by atoms with Gasteiger partial charge in [0.15, 0.2) is 5.82 Å². The normalized spacial score (nSPS) is 10.8. The fourth-order valence-corrected chi connectivity index (χ4v) is 3.41. The average molecular weight is 405 g/mol. The van der Waals surface area contributed by atoms with Gasteiger partial charge in [0.05, 0.1) is 11.4 Å². The van der Waals surface area contributed by atoms with Crippen molar-refractivity contribution >= 4 is 23.4 Å². The van der Waals surface area contributed by atoms with E-state index in [4.69, 9.17) is 4.42 Å². The topological polar surface area (TPSA) is 96.7 Å². The van der Waals surface area contributed by atoms with E-state index in [9.17, 15) is 4.79 Å². The third kappa shape index (κ3) is 4.91. The summed E-state index contributed by atoms with van der Waals surface area (Å²) in [6, 6.07) is 17.2. The SMILES string of the molecule is Cc1nc(-c2ccc(NC(=O)CSCc3coc(-c4ccccc4)n3)cc2)n[nH]1. The molecule has 2 aromatic heterocycles. The molecular formula is C21H19N5O2S. The average Bonchev–Trinajstić information content (AvgIpc) is 3.39. The zero-order chi connectivity index (χ0) is 20.1. The van der Waals surface area contributed by atoms with Gasteiger partial charge in [0.25, 0.3) is 0 Å². The number of benzene rings is 2. The van der Waals surface area contributed by atoms with E-state index in [2.05, 4.69) is 25.5 Å². The van der Waals surface area contributed by atoms with Gasteiger partial charge in [0.2, 0.25) is 11.8 Å². The summed E-state index contributed by atoms with van der Waals surface area (Å²) in [7, 11) is 0. The molecule has 0 aliphatic carbocycles. The zero-order valence-electron chi connectivity index (χ0n) is 15.8. The Morgan fingerprint density at radius 3 is 2.59 bits per heavy atom. The summed E-state index contributed by atoms with van der Waals surface area (Å²) < 4.78 is 5.52. The van der Waals surface area contributed by atoms with Gasteiger partial charge >= 0.3 is 0 Å². The van der Waals surface area contributed by atoms with Crippen molar-refractivity contribution < 1.29 is 9.21 Å². The van der Waals surface area contributed by atoms with Crippen LogP contribution < -0.4 is 5.32 Å². The molecule has 2 heterocycles. The number of hydrogen-bond donors (Lipinski definition) is 2. The van der Waals surface area contributed by atoms with Gasteiger partial charge in [-0.2, -0.15) is 5.10 Å². The van der Waals surface area contributed by atoms with Gasteiger partial charge in [0.1, 0.15) is 12.1 Å². The highest BCUT2D eigenvalue weighted by atomic mass is 32.2. The molecule has 2 aromatic carbocycles. The van der Waals surface area contributed by atoms with Crippen LogP contribution in [-0.4, -0.2) is 31.8 Å². The molecule has 0 saturated heterocycles. The molecule has 0 bridgehead atoms. The molecule has 146 valence electrons. The second-order valence-electron chi connectivity index (χ2n) is 6.37. The number of amides is 1. The fourth-order valence-electron chi connectivity index (χ4n) is 2.71. The van der Waals surface area contributed by atoms with Gasteiger partial charge in [-0.25, -0.2) is 9.97 Å². The second-order valence-corrected chi connectivity index (χ2v) is 7.36. The molecule has 0 aliphatic rings. The minimum Gasteiger partial charge on any atom is -0.444 e. The Bertz CT molecular complexity index is 1090. The van der Waals surface area contributed by atoms with Crippen LogP contribution in [0.3, 0.4) is 0 Å². The number of carbonyl (C=O) groups is 1. The zero-order valence-corrected chi connectivity index (χ0v) is 16.6. The van der Waals surface area contributed by atoms with Crippen molar-refractivity contribution in [3.8, 4) is 22.8 Å². The predicted molar refractivity (Wildman–Crippen MR) is 113 cm³/mol. The highest BCUT2D eigenvalue weighted by Crippen LogP contribution is 2.21. The Kier molecular flexibility index (Phi) is 5.71. The standard InChI is InChI=1S/C21H19N5O2S/c1-14-22-20(26-25-14)15-7-9-17(10-8-15)23-19(27)13-29-12-18-11-28-21(24-18)16-5-3-2-4-6-16/h2-11H,12-13H2,1H3,(H,23,27)(H,22,25,26). The lowest BCUT2D eigenvalue weighted by Gasteiger charge is -2.05. The van der Waals surface area contributed by atoms with E-state index in [0.717, 1.165) is 28.3 Å². The van der Waals surface area contributed by atoms with Crippen LogP contribution in [0.15, 0.2) is 65.3 Å². The molecule has 0 atom stereocenters. The number of carbonyl (C=O) groups excluding carboxylic acids is 1. The first-order chi connectivity index (χ1) is 14.2. The largest absolute Gasteiger partial charge is 0.444 e. The van der Waals surface area contributed by atoms with Crippen LogP contribution in [0.25, 0.3) is 22.8 Å². The maximum Gasteiger partial charge on any atom is 0.234 e. The summed E-state index contributed by atoms with van der Waals surface area (Å²) in [6.45, 7) is 1.85. The summed E-state index contributed by atoms with van der Waals surface area (Å²) in [4.78, 5) is 20.9. The number of aromatic nitrogens is 4. The lowest BCUT2D eigenvalue weighted by Crippen LogP contribution is -2.14. The Labute approximate surface area is 172 Å². The first-order valence-corrected chi connectivity index (χ1v) is 10.2. The van der Waals surface area contributed by atoms with Crippen LogP contribution in [0.5, 0.6) is 0 Å². The number of rotatable bonds is 7. The minimum atomic E-state index is -0.0664. The van der Waals surface area contributed by atoms with Crippen molar-refractivity contribution in [3.05, 3.63) is 72.4 Å². The van der Waals surface area contributed by atoms with Crippen molar-refractivity contribution in [1.29, 1.82) is 0 Å². The van der Waals surface area contributed by atoms with Crippen LogP contribution in [0, 0.1) is 6.92 Å². The van der Waals surface area contributed by atoms with Gasteiger partial charge in [-0.3, -0.25) is 9.89 Å². The monoisotopic (exact) mass is 405 g/mol. The smallest absolute Gasteiger partial charge is 0.234 e. The minimum absolute atomic E-state index is 0.0664. The van der Waals surface area contributed by atoms with Gasteiger partial charge < -0.3 is 9.73 Å². The van der Waals surface area contributed by atoms with E-state index in [0.29, 0.717) is 23.2 Å². The number of anilines is 1. The molecular weight excluding hydrogens is 386 g/mol. The highest BCUT2D eigenvalue weighted by Gasteiger charge is 2.09. The molecule has 8 heteroatoms. The number of nitrogens with one attached hydrogen (secondary N) is 2. The first-order valence-electron chi connectivity index (χ1n) is 9.04. The first kappa shape index (κ1) is 18.9. The third-order valence-corrected chi connectivity index (χ3v) is 5.05. The Morgan fingerprint density at radius 1 is 1.07 bits per heavy atom. The number of aryl methyl sites for hydroxylation is 1. The van der Waals surface area contributed by atoms with Crippen LogP contribution in [0.2, 0.25) is 0 Å². The van der Waals surface area contributed by atoms with Crippen molar-refractivity contribution in [1.82, 2.24) is 20.2 Å². The molecule has 2 N–H and O–H groups in total. The molecule has 4 aromatic rings. The fraction of sp³-hybridized carbons (Fsp3) is 0.143. The number of aromatic amines is 1. The molecule has 0 aliphatic heterocycles. The van der Waals surface area contributed by atoms with Crippen molar-refractivity contribution in [2.45, 2.75) is 12.7 Å². The number of oxazole rings is 1. The Balaban J connectivity index is 1.26. The number of thioether (sulfide) groups is 1. The van der Waals surface area contributed by atoms with Crippen LogP contribution in [-0.2, 0) is 10.5 Å². The highest BCUT2D eigenvalue weighted by molar-refractivity contribution is 7.99. The van der Waals surface area contributed by atoms with Crippen molar-refractivity contribution in [2.75, 3.05) is 11.1 Å². The van der Waals surface area contributed by atoms with Gasteiger partial charge in [-0.15, -0.1) is 11.8 Å². The lowest BCUT2D eigenvalue weighted by atomic mass is 10.2. The molecule has 1 amide bonds. The predicted octanol–water partition coefficient (Wildman–Crippen LogP) is 4.31. The maximum absolute atomic E-state index is 12.2. The van der Waals surface area contributed by atoms with Crippen LogP contribution in [0.4, 0.5) is 5.69 Å². The van der Waals surface area contributed by atoms with Crippen molar-refractivity contribution in [3.63, 3.8) is 0 Å². The quantitative estimate of drug-likeness (QED) is 0.476. The van der Waals surface area contributed by atoms with Crippen molar-refractivity contribution in [2.24, 2.45) is 0 Å².